The van der Waals surface area contributed by atoms with Crippen molar-refractivity contribution in [2.24, 2.45) is 5.73 Å². The Bertz CT molecular complexity index is 1060. The standard InChI is InChI=1S/C24H27N3O3/c1-3-4-8-19-23(17-9-10-20-21(14-17)30-13-12-29-20)22(24(25)28)16(2)27(19)15-18-7-5-6-11-26-18/h5-7,9-11,14H,3-4,8,12-13,15H2,1-2H3,(H2,25,28). The van der Waals surface area contributed by atoms with Crippen molar-refractivity contribution in [3.05, 3.63) is 65.2 Å². The van der Waals surface area contributed by atoms with Crippen LogP contribution in [0.15, 0.2) is 42.6 Å². The van der Waals surface area contributed by atoms with Crippen LogP contribution in [0.1, 0.15) is 47.2 Å². The van der Waals surface area contributed by atoms with Gasteiger partial charge in [-0.2, -0.15) is 0 Å². The SMILES string of the molecule is CCCCc1c(-c2ccc3c(c2)OCCO3)c(C(N)=O)c(C)n1Cc1ccccn1. The number of fused-ring (bicyclic) bond motifs is 1. The number of rotatable bonds is 7. The minimum atomic E-state index is -0.421. The number of benzene rings is 1. The second kappa shape index (κ2) is 8.61. The zero-order valence-electron chi connectivity index (χ0n) is 17.5. The summed E-state index contributed by atoms with van der Waals surface area (Å²) >= 11 is 0. The second-order valence-electron chi connectivity index (χ2n) is 7.52. The van der Waals surface area contributed by atoms with E-state index in [-0.39, 0.29) is 0 Å². The zero-order valence-corrected chi connectivity index (χ0v) is 17.5. The molecule has 30 heavy (non-hydrogen) atoms. The van der Waals surface area contributed by atoms with Crippen LogP contribution in [0.2, 0.25) is 0 Å². The Kier molecular flexibility index (Phi) is 5.74. The lowest BCUT2D eigenvalue weighted by Gasteiger charge is -2.19. The van der Waals surface area contributed by atoms with E-state index in [1.54, 1.807) is 6.20 Å². The average molecular weight is 405 g/mol. The molecule has 0 bridgehead atoms. The fourth-order valence-corrected chi connectivity index (χ4v) is 4.08. The van der Waals surface area contributed by atoms with Crippen LogP contribution in [0.25, 0.3) is 11.1 Å². The van der Waals surface area contributed by atoms with Crippen molar-refractivity contribution in [3.8, 4) is 22.6 Å². The van der Waals surface area contributed by atoms with Gasteiger partial charge < -0.3 is 19.8 Å². The Morgan fingerprint density at radius 3 is 2.67 bits per heavy atom. The largest absolute Gasteiger partial charge is 0.486 e. The van der Waals surface area contributed by atoms with Crippen molar-refractivity contribution in [3.63, 3.8) is 0 Å². The van der Waals surface area contributed by atoms with Crippen LogP contribution in [0.3, 0.4) is 0 Å². The van der Waals surface area contributed by atoms with Gasteiger partial charge in [-0.25, -0.2) is 0 Å². The number of amides is 1. The van der Waals surface area contributed by atoms with Crippen molar-refractivity contribution in [1.82, 2.24) is 9.55 Å². The number of hydrogen-bond donors (Lipinski definition) is 1. The lowest BCUT2D eigenvalue weighted by atomic mass is 9.97. The molecule has 0 radical (unpaired) electrons. The lowest BCUT2D eigenvalue weighted by molar-refractivity contribution is 0.1000. The highest BCUT2D eigenvalue weighted by atomic mass is 16.6. The molecule has 0 atom stereocenters. The van der Waals surface area contributed by atoms with Crippen molar-refractivity contribution < 1.29 is 14.3 Å². The average Bonchev–Trinajstić information content (AvgIpc) is 3.04. The van der Waals surface area contributed by atoms with Gasteiger partial charge in [0.25, 0.3) is 5.91 Å². The van der Waals surface area contributed by atoms with E-state index in [4.69, 9.17) is 15.2 Å². The number of nitrogens with two attached hydrogens (primary N) is 1. The summed E-state index contributed by atoms with van der Waals surface area (Å²) in [6, 6.07) is 11.7. The number of carbonyl (C=O) groups excluding carboxylic acids is 1. The molecule has 0 saturated heterocycles. The first-order valence-corrected chi connectivity index (χ1v) is 10.4. The minimum Gasteiger partial charge on any atom is -0.486 e. The maximum absolute atomic E-state index is 12.5. The summed E-state index contributed by atoms with van der Waals surface area (Å²) < 4.78 is 13.6. The first-order chi connectivity index (χ1) is 14.6. The minimum absolute atomic E-state index is 0.421. The van der Waals surface area contributed by atoms with Gasteiger partial charge in [-0.15, -0.1) is 0 Å². The predicted octanol–water partition coefficient (Wildman–Crippen LogP) is 4.12. The monoisotopic (exact) mass is 405 g/mol. The number of primary amides is 1. The number of aromatic nitrogens is 2. The van der Waals surface area contributed by atoms with Crippen molar-refractivity contribution >= 4 is 5.91 Å². The summed E-state index contributed by atoms with van der Waals surface area (Å²) in [5.74, 6) is 1.01. The maximum Gasteiger partial charge on any atom is 0.251 e. The number of unbranched alkanes of at least 4 members (excludes halogenated alkanes) is 1. The fourth-order valence-electron chi connectivity index (χ4n) is 4.08. The Balaban J connectivity index is 1.89. The molecule has 2 N–H and O–H groups in total. The number of ether oxygens (including phenoxy) is 2. The molecular formula is C24H27N3O3. The predicted molar refractivity (Wildman–Crippen MR) is 116 cm³/mol. The molecule has 156 valence electrons. The number of pyridine rings is 1. The molecule has 6 nitrogen and oxygen atoms in total. The smallest absolute Gasteiger partial charge is 0.251 e. The van der Waals surface area contributed by atoms with Crippen LogP contribution in [0.4, 0.5) is 0 Å². The summed E-state index contributed by atoms with van der Waals surface area (Å²) in [4.78, 5) is 17.0. The van der Waals surface area contributed by atoms with Gasteiger partial charge in [0, 0.05) is 23.1 Å². The molecule has 1 amide bonds. The maximum atomic E-state index is 12.5. The van der Waals surface area contributed by atoms with Gasteiger partial charge >= 0.3 is 0 Å². The molecule has 0 fully saturated rings. The van der Waals surface area contributed by atoms with Crippen LogP contribution in [-0.2, 0) is 13.0 Å². The third-order valence-corrected chi connectivity index (χ3v) is 5.52. The van der Waals surface area contributed by atoms with E-state index in [0.717, 1.165) is 53.2 Å². The van der Waals surface area contributed by atoms with E-state index < -0.39 is 5.91 Å². The lowest BCUT2D eigenvalue weighted by Crippen LogP contribution is -2.15. The number of nitrogens with zero attached hydrogens (tertiary/aromatic N) is 2. The number of hydrogen-bond acceptors (Lipinski definition) is 4. The summed E-state index contributed by atoms with van der Waals surface area (Å²) in [5.41, 5.74) is 11.2. The van der Waals surface area contributed by atoms with E-state index in [9.17, 15) is 4.79 Å². The molecule has 0 spiro atoms. The zero-order chi connectivity index (χ0) is 21.1. The molecule has 4 rings (SSSR count). The molecule has 1 aromatic carbocycles. The molecular weight excluding hydrogens is 378 g/mol. The first kappa shape index (κ1) is 20.0. The molecule has 2 aromatic heterocycles. The molecule has 1 aliphatic heterocycles. The van der Waals surface area contributed by atoms with Gasteiger partial charge in [0.2, 0.25) is 0 Å². The molecule has 0 saturated carbocycles. The van der Waals surface area contributed by atoms with Gasteiger partial charge in [-0.1, -0.05) is 25.5 Å². The van der Waals surface area contributed by atoms with Crippen LogP contribution in [0.5, 0.6) is 11.5 Å². The van der Waals surface area contributed by atoms with Crippen LogP contribution >= 0.6 is 0 Å². The molecule has 3 heterocycles. The molecule has 0 unspecified atom stereocenters. The summed E-state index contributed by atoms with van der Waals surface area (Å²) in [6.45, 7) is 5.77. The summed E-state index contributed by atoms with van der Waals surface area (Å²) in [7, 11) is 0. The van der Waals surface area contributed by atoms with Crippen LogP contribution < -0.4 is 15.2 Å². The first-order valence-electron chi connectivity index (χ1n) is 10.4. The third-order valence-electron chi connectivity index (χ3n) is 5.52. The van der Waals surface area contributed by atoms with E-state index in [0.29, 0.717) is 31.1 Å². The molecule has 6 heteroatoms. The van der Waals surface area contributed by atoms with E-state index in [1.165, 1.54) is 0 Å². The van der Waals surface area contributed by atoms with Gasteiger partial charge in [0.1, 0.15) is 13.2 Å². The highest BCUT2D eigenvalue weighted by Gasteiger charge is 2.26. The summed E-state index contributed by atoms with van der Waals surface area (Å²) in [5, 5.41) is 0. The number of carbonyl (C=O) groups is 1. The van der Waals surface area contributed by atoms with Crippen molar-refractivity contribution in [1.29, 1.82) is 0 Å². The van der Waals surface area contributed by atoms with Gasteiger partial charge in [-0.05, 0) is 49.6 Å². The van der Waals surface area contributed by atoms with E-state index in [2.05, 4.69) is 16.5 Å². The Labute approximate surface area is 176 Å². The van der Waals surface area contributed by atoms with E-state index >= 15 is 0 Å². The van der Waals surface area contributed by atoms with Crippen molar-refractivity contribution in [2.75, 3.05) is 13.2 Å². The van der Waals surface area contributed by atoms with Crippen molar-refractivity contribution in [2.45, 2.75) is 39.7 Å². The topological polar surface area (TPSA) is 79.4 Å². The highest BCUT2D eigenvalue weighted by Crippen LogP contribution is 2.39. The molecule has 3 aromatic rings. The van der Waals surface area contributed by atoms with Gasteiger partial charge in [0.05, 0.1) is 17.8 Å². The van der Waals surface area contributed by atoms with Gasteiger partial charge in [0.15, 0.2) is 11.5 Å². The van der Waals surface area contributed by atoms with Gasteiger partial charge in [-0.3, -0.25) is 9.78 Å². The summed E-state index contributed by atoms with van der Waals surface area (Å²) in [6.07, 6.45) is 4.71. The fraction of sp³-hybridized carbons (Fsp3) is 0.333. The highest BCUT2D eigenvalue weighted by molar-refractivity contribution is 6.02. The Morgan fingerprint density at radius 1 is 1.17 bits per heavy atom. The quantitative estimate of drug-likeness (QED) is 0.641. The van der Waals surface area contributed by atoms with Crippen LogP contribution in [0, 0.1) is 6.92 Å². The van der Waals surface area contributed by atoms with Crippen LogP contribution in [-0.4, -0.2) is 28.7 Å². The normalized spacial score (nSPS) is 12.7. The Hall–Kier alpha value is -3.28. The van der Waals surface area contributed by atoms with E-state index in [1.807, 2.05) is 43.3 Å². The molecule has 0 aliphatic carbocycles. The second-order valence-corrected chi connectivity index (χ2v) is 7.52. The third kappa shape index (κ3) is 3.77. The molecule has 1 aliphatic rings. The Morgan fingerprint density at radius 2 is 1.97 bits per heavy atom.